The molecule has 0 aliphatic carbocycles. The van der Waals surface area contributed by atoms with Gasteiger partial charge in [-0.25, -0.2) is 27.3 Å². The van der Waals surface area contributed by atoms with Crippen molar-refractivity contribution in [3.8, 4) is 0 Å². The minimum atomic E-state index is -3.57. The van der Waals surface area contributed by atoms with Gasteiger partial charge in [-0.1, -0.05) is 0 Å². The van der Waals surface area contributed by atoms with Gasteiger partial charge >= 0.3 is 0 Å². The number of hydrogen-bond donors (Lipinski definition) is 0. The largest absolute Gasteiger partial charge is 0.318 e. The van der Waals surface area contributed by atoms with E-state index in [1.165, 1.54) is 22.9 Å². The Balaban J connectivity index is 1.37. The highest BCUT2D eigenvalue weighted by Gasteiger charge is 2.34. The lowest BCUT2D eigenvalue weighted by Crippen LogP contribution is -2.38. The quantitative estimate of drug-likeness (QED) is 0.678. The SMILES string of the molecule is O=S(=O)(c1cnc2n1CCC2)N1CCC(c2cn3ncnc3cc2F)CC1. The number of halogens is 1. The number of aryl methyl sites for hydroxylation is 1. The molecule has 8 nitrogen and oxygen atoms in total. The van der Waals surface area contributed by atoms with Crippen LogP contribution in [0, 0.1) is 5.82 Å². The predicted molar refractivity (Wildman–Crippen MR) is 94.2 cm³/mol. The fourth-order valence-corrected chi connectivity index (χ4v) is 5.75. The van der Waals surface area contributed by atoms with Gasteiger partial charge in [-0.3, -0.25) is 0 Å². The van der Waals surface area contributed by atoms with Crippen molar-refractivity contribution in [3.05, 3.63) is 42.0 Å². The topological polar surface area (TPSA) is 85.4 Å². The number of nitrogens with zero attached hydrogens (tertiary/aromatic N) is 6. The Morgan fingerprint density at radius 3 is 2.78 bits per heavy atom. The van der Waals surface area contributed by atoms with Crippen LogP contribution in [0.15, 0.2) is 29.8 Å². The van der Waals surface area contributed by atoms with Crippen LogP contribution in [0.3, 0.4) is 0 Å². The van der Waals surface area contributed by atoms with Crippen LogP contribution >= 0.6 is 0 Å². The maximum Gasteiger partial charge on any atom is 0.260 e. The van der Waals surface area contributed by atoms with Crippen molar-refractivity contribution in [3.63, 3.8) is 0 Å². The molecule has 0 unspecified atom stereocenters. The summed E-state index contributed by atoms with van der Waals surface area (Å²) in [5.41, 5.74) is 1.03. The number of sulfonamides is 1. The minimum absolute atomic E-state index is 0.0406. The van der Waals surface area contributed by atoms with Crippen LogP contribution in [-0.2, 0) is 23.0 Å². The molecule has 1 saturated heterocycles. The summed E-state index contributed by atoms with van der Waals surface area (Å²) in [7, 11) is -3.57. The number of aromatic nitrogens is 5. The molecule has 1 fully saturated rings. The van der Waals surface area contributed by atoms with Gasteiger partial charge in [0.05, 0.1) is 6.20 Å². The second-order valence-electron chi connectivity index (χ2n) is 7.09. The molecule has 10 heteroatoms. The molecule has 0 radical (unpaired) electrons. The van der Waals surface area contributed by atoms with E-state index >= 15 is 0 Å². The number of imidazole rings is 1. The van der Waals surface area contributed by atoms with E-state index in [-0.39, 0.29) is 16.8 Å². The lowest BCUT2D eigenvalue weighted by atomic mass is 9.91. The zero-order chi connectivity index (χ0) is 18.6. The number of pyridine rings is 1. The van der Waals surface area contributed by atoms with Crippen molar-refractivity contribution in [1.82, 2.24) is 28.5 Å². The van der Waals surface area contributed by atoms with Crippen molar-refractivity contribution in [1.29, 1.82) is 0 Å². The first-order valence-electron chi connectivity index (χ1n) is 9.07. The average Bonchev–Trinajstić information content (AvgIpc) is 3.37. The molecule has 142 valence electrons. The van der Waals surface area contributed by atoms with Gasteiger partial charge in [0.25, 0.3) is 10.0 Å². The van der Waals surface area contributed by atoms with Gasteiger partial charge < -0.3 is 4.57 Å². The zero-order valence-corrected chi connectivity index (χ0v) is 15.4. The molecule has 0 aromatic carbocycles. The number of hydrogen-bond acceptors (Lipinski definition) is 5. The smallest absolute Gasteiger partial charge is 0.260 e. The van der Waals surface area contributed by atoms with Gasteiger partial charge in [0.2, 0.25) is 0 Å². The molecule has 27 heavy (non-hydrogen) atoms. The second-order valence-corrected chi connectivity index (χ2v) is 8.97. The lowest BCUT2D eigenvalue weighted by Gasteiger charge is -2.31. The number of fused-ring (bicyclic) bond motifs is 2. The molecule has 5 rings (SSSR count). The second kappa shape index (κ2) is 6.10. The Kier molecular flexibility index (Phi) is 3.80. The van der Waals surface area contributed by atoms with Gasteiger partial charge in [-0.05, 0) is 25.2 Å². The first-order chi connectivity index (χ1) is 13.0. The summed E-state index contributed by atoms with van der Waals surface area (Å²) >= 11 is 0. The highest BCUT2D eigenvalue weighted by Crippen LogP contribution is 2.33. The predicted octanol–water partition coefficient (Wildman–Crippen LogP) is 1.58. The van der Waals surface area contributed by atoms with E-state index in [4.69, 9.17) is 0 Å². The van der Waals surface area contributed by atoms with Gasteiger partial charge in [0.1, 0.15) is 18.0 Å². The summed E-state index contributed by atoms with van der Waals surface area (Å²) < 4.78 is 45.4. The highest BCUT2D eigenvalue weighted by molar-refractivity contribution is 7.89. The van der Waals surface area contributed by atoms with E-state index in [9.17, 15) is 12.8 Å². The van der Waals surface area contributed by atoms with Crippen molar-refractivity contribution in [2.45, 2.75) is 43.2 Å². The Morgan fingerprint density at radius 2 is 1.96 bits per heavy atom. The summed E-state index contributed by atoms with van der Waals surface area (Å²) in [6.07, 6.45) is 7.40. The standard InChI is InChI=1S/C17H19FN6O2S/c18-14-8-16-20-11-21-24(16)10-13(14)12-3-6-22(7-4-12)27(25,26)17-9-19-15-2-1-5-23(15)17/h8-12H,1-7H2. The monoisotopic (exact) mass is 390 g/mol. The fourth-order valence-electron chi connectivity index (χ4n) is 4.13. The van der Waals surface area contributed by atoms with E-state index < -0.39 is 10.0 Å². The average molecular weight is 390 g/mol. The molecule has 0 atom stereocenters. The van der Waals surface area contributed by atoms with Gasteiger partial charge in [-0.15, -0.1) is 0 Å². The molecule has 0 N–H and O–H groups in total. The van der Waals surface area contributed by atoms with Crippen LogP contribution in [0.1, 0.15) is 36.6 Å². The third kappa shape index (κ3) is 2.66. The third-order valence-corrected chi connectivity index (χ3v) is 7.47. The van der Waals surface area contributed by atoms with Crippen molar-refractivity contribution < 1.29 is 12.8 Å². The van der Waals surface area contributed by atoms with Crippen LogP contribution in [0.5, 0.6) is 0 Å². The van der Waals surface area contributed by atoms with Crippen molar-refractivity contribution >= 4 is 15.7 Å². The van der Waals surface area contributed by atoms with Crippen LogP contribution in [0.2, 0.25) is 0 Å². The van der Waals surface area contributed by atoms with Gasteiger partial charge in [0, 0.05) is 43.9 Å². The Hall–Kier alpha value is -2.33. The van der Waals surface area contributed by atoms with Crippen LogP contribution in [0.4, 0.5) is 4.39 Å². The lowest BCUT2D eigenvalue weighted by molar-refractivity contribution is 0.313. The third-order valence-electron chi connectivity index (χ3n) is 5.58. The Bertz CT molecular complexity index is 1110. The summed E-state index contributed by atoms with van der Waals surface area (Å²) in [5.74, 6) is 0.485. The van der Waals surface area contributed by atoms with E-state index in [0.29, 0.717) is 43.7 Å². The molecule has 2 aliphatic rings. The van der Waals surface area contributed by atoms with Crippen LogP contribution in [-0.4, -0.2) is 50.0 Å². The van der Waals surface area contributed by atoms with E-state index in [0.717, 1.165) is 18.7 Å². The highest BCUT2D eigenvalue weighted by atomic mass is 32.2. The fraction of sp³-hybridized carbons (Fsp3) is 0.471. The number of piperidine rings is 1. The molecule has 2 aliphatic heterocycles. The van der Waals surface area contributed by atoms with Crippen molar-refractivity contribution in [2.24, 2.45) is 0 Å². The maximum atomic E-state index is 14.5. The van der Waals surface area contributed by atoms with E-state index in [2.05, 4.69) is 15.1 Å². The maximum absolute atomic E-state index is 14.5. The molecular formula is C17H19FN6O2S. The van der Waals surface area contributed by atoms with Crippen LogP contribution in [0.25, 0.3) is 5.65 Å². The van der Waals surface area contributed by atoms with Gasteiger partial charge in [-0.2, -0.15) is 9.40 Å². The molecule has 0 amide bonds. The molecular weight excluding hydrogens is 371 g/mol. The molecule has 0 spiro atoms. The first-order valence-corrected chi connectivity index (χ1v) is 10.5. The Morgan fingerprint density at radius 1 is 1.15 bits per heavy atom. The summed E-state index contributed by atoms with van der Waals surface area (Å²) in [6, 6.07) is 1.38. The molecule has 5 heterocycles. The first kappa shape index (κ1) is 16.8. The van der Waals surface area contributed by atoms with E-state index in [1.807, 2.05) is 0 Å². The number of rotatable bonds is 3. The molecule has 0 saturated carbocycles. The molecule has 3 aromatic rings. The minimum Gasteiger partial charge on any atom is -0.318 e. The summed E-state index contributed by atoms with van der Waals surface area (Å²) in [5, 5.41) is 4.34. The Labute approximate surface area is 155 Å². The van der Waals surface area contributed by atoms with Crippen LogP contribution < -0.4 is 0 Å². The van der Waals surface area contributed by atoms with Gasteiger partial charge in [0.15, 0.2) is 10.7 Å². The zero-order valence-electron chi connectivity index (χ0n) is 14.6. The normalized spacial score (nSPS) is 19.0. The summed E-state index contributed by atoms with van der Waals surface area (Å²) in [4.78, 5) is 8.23. The summed E-state index contributed by atoms with van der Waals surface area (Å²) in [6.45, 7) is 1.42. The van der Waals surface area contributed by atoms with E-state index in [1.54, 1.807) is 15.3 Å². The van der Waals surface area contributed by atoms with Crippen molar-refractivity contribution in [2.75, 3.05) is 13.1 Å². The molecule has 0 bridgehead atoms. The molecule has 3 aromatic heterocycles.